The third-order valence-electron chi connectivity index (χ3n) is 6.20. The maximum Gasteiger partial charge on any atom is 0.306 e. The highest BCUT2D eigenvalue weighted by atomic mass is 32.2. The minimum absolute atomic E-state index is 0.00562. The first-order valence-electron chi connectivity index (χ1n) is 13.5. The molecule has 0 heterocycles. The van der Waals surface area contributed by atoms with Gasteiger partial charge in [-0.25, -0.2) is 0 Å². The van der Waals surface area contributed by atoms with Crippen molar-refractivity contribution in [2.45, 2.75) is 20.0 Å². The lowest BCUT2D eigenvalue weighted by atomic mass is 9.96. The summed E-state index contributed by atoms with van der Waals surface area (Å²) in [6.45, 7) is 2.51. The van der Waals surface area contributed by atoms with E-state index < -0.39 is 20.2 Å². The van der Waals surface area contributed by atoms with Gasteiger partial charge in [0.05, 0.1) is 38.9 Å². The first-order valence-corrected chi connectivity index (χ1v) is 17.2. The summed E-state index contributed by atoms with van der Waals surface area (Å²) in [5.41, 5.74) is 3.22. The van der Waals surface area contributed by atoms with Gasteiger partial charge >= 0.3 is 20.2 Å². The molecule has 0 amide bonds. The maximum atomic E-state index is 12.2. The zero-order chi connectivity index (χ0) is 31.9. The summed E-state index contributed by atoms with van der Waals surface area (Å²) in [5, 5.41) is 0. The van der Waals surface area contributed by atoms with Gasteiger partial charge in [-0.1, -0.05) is 55.5 Å². The van der Waals surface area contributed by atoms with E-state index in [0.717, 1.165) is 18.1 Å². The maximum absolute atomic E-state index is 12.2. The summed E-state index contributed by atoms with van der Waals surface area (Å²) in [6, 6.07) is 22.6. The minimum atomic E-state index is -3.91. The molecule has 0 saturated carbocycles. The lowest BCUT2D eigenvalue weighted by molar-refractivity contribution is 0.293. The predicted octanol–water partition coefficient (Wildman–Crippen LogP) is 6.08. The Hall–Kier alpha value is -4.42. The van der Waals surface area contributed by atoms with E-state index in [-0.39, 0.29) is 23.9 Å². The lowest BCUT2D eigenvalue weighted by Crippen LogP contribution is -2.08. The molecular weight excluding hydrogens is 608 g/mol. The predicted molar refractivity (Wildman–Crippen MR) is 168 cm³/mol. The molecule has 4 aromatic carbocycles. The monoisotopic (exact) mass is 642 g/mol. The second-order valence-corrected chi connectivity index (χ2v) is 12.9. The molecule has 0 radical (unpaired) electrons. The van der Waals surface area contributed by atoms with Crippen molar-refractivity contribution in [3.63, 3.8) is 0 Å². The molecule has 0 unspecified atom stereocenters. The first kappa shape index (κ1) is 32.5. The quantitative estimate of drug-likeness (QED) is 0.149. The van der Waals surface area contributed by atoms with Gasteiger partial charge in [-0.15, -0.1) is 0 Å². The molecule has 12 heteroatoms. The van der Waals surface area contributed by atoms with Gasteiger partial charge in [-0.05, 0) is 53.4 Å². The smallest absolute Gasteiger partial charge is 0.306 e. The summed E-state index contributed by atoms with van der Waals surface area (Å²) >= 11 is 0. The van der Waals surface area contributed by atoms with Crippen molar-refractivity contribution in [3.05, 3.63) is 84.4 Å². The van der Waals surface area contributed by atoms with E-state index in [9.17, 15) is 16.8 Å². The van der Waals surface area contributed by atoms with Crippen LogP contribution in [0, 0.1) is 0 Å². The third kappa shape index (κ3) is 8.35. The van der Waals surface area contributed by atoms with E-state index in [0.29, 0.717) is 52.5 Å². The molecule has 44 heavy (non-hydrogen) atoms. The molecule has 4 rings (SSSR count). The highest BCUT2D eigenvalue weighted by Crippen LogP contribution is 2.51. The Labute approximate surface area is 258 Å². The van der Waals surface area contributed by atoms with Crippen LogP contribution < -0.4 is 27.3 Å². The highest BCUT2D eigenvalue weighted by Gasteiger charge is 2.25. The van der Waals surface area contributed by atoms with Crippen molar-refractivity contribution in [3.8, 4) is 56.8 Å². The average Bonchev–Trinajstić information content (AvgIpc) is 2.98. The van der Waals surface area contributed by atoms with Gasteiger partial charge in [-0.3, -0.25) is 0 Å². The fourth-order valence-electron chi connectivity index (χ4n) is 4.42. The second-order valence-electron chi connectivity index (χ2n) is 9.75. The van der Waals surface area contributed by atoms with E-state index in [4.69, 9.17) is 27.3 Å². The number of ether oxygens (including phenoxy) is 4. The Morgan fingerprint density at radius 2 is 1.30 bits per heavy atom. The average molecular weight is 643 g/mol. The Balaban J connectivity index is 1.86. The number of hydrogen-bond donors (Lipinski definition) is 0. The number of hydrogen-bond acceptors (Lipinski definition) is 10. The van der Waals surface area contributed by atoms with Crippen molar-refractivity contribution in [1.82, 2.24) is 0 Å². The van der Waals surface area contributed by atoms with E-state index in [2.05, 4.69) is 0 Å². The fraction of sp³-hybridized carbons (Fsp3) is 0.250. The number of benzene rings is 4. The summed E-state index contributed by atoms with van der Waals surface area (Å²) in [6.07, 6.45) is 2.63. The summed E-state index contributed by atoms with van der Waals surface area (Å²) in [4.78, 5) is 0. The van der Waals surface area contributed by atoms with Crippen LogP contribution in [0.1, 0.15) is 18.9 Å². The number of methoxy groups -OCH3 is 2. The van der Waals surface area contributed by atoms with E-state index >= 15 is 0 Å². The molecule has 10 nitrogen and oxygen atoms in total. The molecule has 0 saturated heterocycles. The van der Waals surface area contributed by atoms with Crippen LogP contribution in [0.25, 0.3) is 22.3 Å². The van der Waals surface area contributed by atoms with Gasteiger partial charge in [-0.2, -0.15) is 16.8 Å². The van der Waals surface area contributed by atoms with Crippen LogP contribution in [-0.2, 0) is 26.8 Å². The van der Waals surface area contributed by atoms with Crippen LogP contribution in [-0.4, -0.2) is 50.2 Å². The molecule has 0 spiro atoms. The highest BCUT2D eigenvalue weighted by molar-refractivity contribution is 7.86. The molecule has 0 N–H and O–H groups in total. The van der Waals surface area contributed by atoms with Crippen LogP contribution in [0.15, 0.2) is 78.9 Å². The molecule has 0 aromatic heterocycles. The fourth-order valence-corrected chi connectivity index (χ4v) is 5.34. The molecule has 0 aliphatic heterocycles. The lowest BCUT2D eigenvalue weighted by Gasteiger charge is -2.22. The van der Waals surface area contributed by atoms with Crippen molar-refractivity contribution >= 4 is 20.2 Å². The summed E-state index contributed by atoms with van der Waals surface area (Å²) in [5.74, 6) is 1.55. The van der Waals surface area contributed by atoms with E-state index in [1.807, 2.05) is 37.3 Å². The topological polar surface area (TPSA) is 124 Å². The Morgan fingerprint density at radius 1 is 0.636 bits per heavy atom. The molecule has 0 bridgehead atoms. The van der Waals surface area contributed by atoms with Crippen LogP contribution in [0.4, 0.5) is 0 Å². The van der Waals surface area contributed by atoms with Gasteiger partial charge in [0.25, 0.3) is 0 Å². The largest absolute Gasteiger partial charge is 0.496 e. The molecule has 0 aliphatic carbocycles. The minimum Gasteiger partial charge on any atom is -0.496 e. The third-order valence-corrected chi connectivity index (χ3v) is 7.18. The molecular formula is C32H34O10S2. The van der Waals surface area contributed by atoms with Gasteiger partial charge in [0.2, 0.25) is 0 Å². The van der Waals surface area contributed by atoms with Gasteiger partial charge in [0.15, 0.2) is 23.0 Å². The van der Waals surface area contributed by atoms with Gasteiger partial charge in [0, 0.05) is 5.56 Å². The van der Waals surface area contributed by atoms with Gasteiger partial charge < -0.3 is 27.3 Å². The molecule has 4 aromatic rings. The second kappa shape index (κ2) is 13.9. The number of rotatable bonds is 14. The van der Waals surface area contributed by atoms with Crippen LogP contribution in [0.2, 0.25) is 0 Å². The van der Waals surface area contributed by atoms with Crippen molar-refractivity contribution in [2.24, 2.45) is 0 Å². The zero-order valence-corrected chi connectivity index (χ0v) is 26.7. The van der Waals surface area contributed by atoms with E-state index in [1.54, 1.807) is 36.4 Å². The Morgan fingerprint density at radius 3 is 1.89 bits per heavy atom. The Bertz CT molecular complexity index is 1800. The zero-order valence-electron chi connectivity index (χ0n) is 25.0. The van der Waals surface area contributed by atoms with Gasteiger partial charge in [0.1, 0.15) is 18.1 Å². The van der Waals surface area contributed by atoms with E-state index in [1.165, 1.54) is 26.4 Å². The first-order chi connectivity index (χ1) is 20.9. The summed E-state index contributed by atoms with van der Waals surface area (Å²) in [7, 11) is -4.58. The molecule has 0 aliphatic rings. The Kier molecular flexibility index (Phi) is 10.3. The van der Waals surface area contributed by atoms with Crippen LogP contribution in [0.5, 0.6) is 34.5 Å². The standard InChI is InChI=1S/C32H34O10S2/c1-6-18-39-32-30(24-14-17-27(28(19-24)42-44(5,35)36)40-21-22-10-8-7-9-11-22)29(37-2)20-26(31(32)38-3)23-12-15-25(16-13-23)41-43(4,33)34/h7-17,19-20H,6,18,21H2,1-5H3. The summed E-state index contributed by atoms with van der Waals surface area (Å²) < 4.78 is 81.7. The van der Waals surface area contributed by atoms with Crippen LogP contribution in [0.3, 0.4) is 0 Å². The normalized spacial score (nSPS) is 11.5. The van der Waals surface area contributed by atoms with Crippen molar-refractivity contribution < 1.29 is 44.1 Å². The van der Waals surface area contributed by atoms with Crippen molar-refractivity contribution in [2.75, 3.05) is 33.3 Å². The van der Waals surface area contributed by atoms with Crippen LogP contribution >= 0.6 is 0 Å². The molecule has 0 atom stereocenters. The van der Waals surface area contributed by atoms with Crippen molar-refractivity contribution in [1.29, 1.82) is 0 Å². The SMILES string of the molecule is CCCOc1c(OC)c(-c2ccc(OS(C)(=O)=O)cc2)cc(OC)c1-c1ccc(OCc2ccccc2)c(OS(C)(=O)=O)c1. The molecule has 234 valence electrons. The molecule has 0 fully saturated rings.